The number of carbonyl (C=O) groups excluding carboxylic acids is 1. The third-order valence-corrected chi connectivity index (χ3v) is 12.9. The van der Waals surface area contributed by atoms with E-state index in [9.17, 15) is 4.79 Å². The zero-order valence-corrected chi connectivity index (χ0v) is 34.8. The Morgan fingerprint density at radius 2 is 1.30 bits per heavy atom. The van der Waals surface area contributed by atoms with Gasteiger partial charge in [-0.05, 0) is 78.6 Å². The summed E-state index contributed by atoms with van der Waals surface area (Å²) in [5.74, 6) is 0.166. The summed E-state index contributed by atoms with van der Waals surface area (Å²) in [6, 6.07) is 52.2. The SMILES string of the molecule is CN1/C(=C/c2cc[n+](CCC[N+](C)(C)CCCCCC(=O)NCCCC(c3ccccc3)(c3ccccc3)c3ccccc3)c3ccccc23)Sc2ccccc21. The van der Waals surface area contributed by atoms with Crippen LogP contribution in [0.5, 0.6) is 0 Å². The number of pyridine rings is 1. The van der Waals surface area contributed by atoms with Crippen LogP contribution in [0, 0.1) is 0 Å². The molecule has 0 fully saturated rings. The molecule has 1 amide bonds. The number of aryl methyl sites for hydroxylation is 1. The quantitative estimate of drug-likeness (QED) is 0.0409. The molecule has 1 N–H and O–H groups in total. The maximum Gasteiger partial charge on any atom is 0.219 e. The zero-order valence-electron chi connectivity index (χ0n) is 33.9. The van der Waals surface area contributed by atoms with Gasteiger partial charge in [0.2, 0.25) is 11.4 Å². The van der Waals surface area contributed by atoms with Gasteiger partial charge in [0.05, 0.1) is 49.7 Å². The van der Waals surface area contributed by atoms with Gasteiger partial charge in [-0.3, -0.25) is 4.79 Å². The fourth-order valence-corrected chi connectivity index (χ4v) is 9.67. The molecule has 0 saturated carbocycles. The summed E-state index contributed by atoms with van der Waals surface area (Å²) in [4.78, 5) is 16.6. The first-order valence-electron chi connectivity index (χ1n) is 20.7. The van der Waals surface area contributed by atoms with Crippen LogP contribution in [0.1, 0.15) is 67.2 Å². The van der Waals surface area contributed by atoms with Crippen LogP contribution in [0.3, 0.4) is 0 Å². The smallest absolute Gasteiger partial charge is 0.219 e. The third kappa shape index (κ3) is 9.69. The Balaban J connectivity index is 0.850. The molecule has 7 rings (SSSR count). The second-order valence-electron chi connectivity index (χ2n) is 16.1. The van der Waals surface area contributed by atoms with Crippen LogP contribution in [-0.2, 0) is 16.8 Å². The average Bonchev–Trinajstić information content (AvgIpc) is 3.56. The van der Waals surface area contributed by atoms with E-state index in [0.29, 0.717) is 13.0 Å². The Kier molecular flexibility index (Phi) is 13.2. The highest BCUT2D eigenvalue weighted by atomic mass is 32.2. The van der Waals surface area contributed by atoms with Crippen LogP contribution in [-0.4, -0.2) is 51.2 Å². The first-order valence-corrected chi connectivity index (χ1v) is 21.5. The molecule has 292 valence electrons. The number of rotatable bonds is 18. The normalized spacial score (nSPS) is 13.6. The van der Waals surface area contributed by atoms with Crippen molar-refractivity contribution >= 4 is 40.3 Å². The average molecular weight is 775 g/mol. The summed E-state index contributed by atoms with van der Waals surface area (Å²) in [6.07, 6.45) is 11.2. The molecule has 1 aliphatic rings. The highest BCUT2D eigenvalue weighted by molar-refractivity contribution is 8.03. The lowest BCUT2D eigenvalue weighted by Crippen LogP contribution is -2.44. The number of fused-ring (bicyclic) bond motifs is 2. The van der Waals surface area contributed by atoms with E-state index >= 15 is 0 Å². The van der Waals surface area contributed by atoms with Crippen molar-refractivity contribution < 1.29 is 13.8 Å². The Morgan fingerprint density at radius 3 is 1.96 bits per heavy atom. The van der Waals surface area contributed by atoms with Crippen LogP contribution in [0.2, 0.25) is 0 Å². The molecule has 0 radical (unpaired) electrons. The lowest BCUT2D eigenvalue weighted by molar-refractivity contribution is -0.892. The van der Waals surface area contributed by atoms with Crippen molar-refractivity contribution in [1.29, 1.82) is 0 Å². The zero-order chi connectivity index (χ0) is 39.5. The van der Waals surface area contributed by atoms with E-state index < -0.39 is 0 Å². The van der Waals surface area contributed by atoms with Crippen molar-refractivity contribution in [1.82, 2.24) is 5.32 Å². The summed E-state index contributed by atoms with van der Waals surface area (Å²) in [7, 11) is 6.85. The number of unbranched alkanes of at least 4 members (excludes halogenated alkanes) is 2. The van der Waals surface area contributed by atoms with Gasteiger partial charge < -0.3 is 14.7 Å². The number of para-hydroxylation sites is 2. The summed E-state index contributed by atoms with van der Waals surface area (Å²) < 4.78 is 3.41. The molecular formula is C51H58N4OS+2. The molecule has 0 aliphatic carbocycles. The predicted octanol–water partition coefficient (Wildman–Crippen LogP) is 10.6. The largest absolute Gasteiger partial charge is 0.356 e. The molecule has 0 atom stereocenters. The highest BCUT2D eigenvalue weighted by Crippen LogP contribution is 2.46. The van der Waals surface area contributed by atoms with Crippen molar-refractivity contribution in [2.45, 2.75) is 61.8 Å². The van der Waals surface area contributed by atoms with Crippen molar-refractivity contribution in [2.75, 3.05) is 45.7 Å². The summed E-state index contributed by atoms with van der Waals surface area (Å²) in [5.41, 5.74) is 7.36. The number of nitrogens with zero attached hydrogens (tertiary/aromatic N) is 3. The maximum atomic E-state index is 13.0. The Labute approximate surface area is 344 Å². The summed E-state index contributed by atoms with van der Waals surface area (Å²) in [6.45, 7) is 3.90. The lowest BCUT2D eigenvalue weighted by Gasteiger charge is -2.36. The second-order valence-corrected chi connectivity index (χ2v) is 17.2. The standard InChI is InChI=1S/C51H57N4OS/c1-53-47-30-17-18-31-48(47)57-50(53)40-41-33-37-54(46-29-16-15-28-45(41)46)36-21-39-55(2,3)38-19-7-14-32-49(56)52-35-20-34-51(42-22-8-4-9-23-42,43-24-10-5-11-25-43)44-26-12-6-13-27-44/h4-6,8-13,15-18,22-31,33,37,40H,7,14,19-21,32,34-36,38-39H2,1-3H3/q+1/p+1. The Morgan fingerprint density at radius 1 is 0.702 bits per heavy atom. The molecule has 57 heavy (non-hydrogen) atoms. The monoisotopic (exact) mass is 774 g/mol. The van der Waals surface area contributed by atoms with E-state index in [4.69, 9.17) is 0 Å². The van der Waals surface area contributed by atoms with Gasteiger partial charge in [-0.2, -0.15) is 4.57 Å². The van der Waals surface area contributed by atoms with Crippen LogP contribution < -0.4 is 14.8 Å². The lowest BCUT2D eigenvalue weighted by atomic mass is 9.67. The van der Waals surface area contributed by atoms with Gasteiger partial charge in [0.1, 0.15) is 0 Å². The minimum atomic E-state index is -0.283. The molecule has 6 aromatic rings. The number of nitrogens with one attached hydrogen (secondary N) is 1. The van der Waals surface area contributed by atoms with Crippen molar-refractivity contribution in [3.8, 4) is 0 Å². The van der Waals surface area contributed by atoms with Gasteiger partial charge in [0, 0.05) is 42.5 Å². The fraction of sp³-hybridized carbons (Fsp3) is 0.294. The molecule has 6 heteroatoms. The van der Waals surface area contributed by atoms with E-state index in [2.05, 4.69) is 194 Å². The number of hydrogen-bond donors (Lipinski definition) is 1. The molecule has 5 aromatic carbocycles. The minimum absolute atomic E-state index is 0.166. The summed E-state index contributed by atoms with van der Waals surface area (Å²) >= 11 is 1.84. The van der Waals surface area contributed by atoms with E-state index in [0.717, 1.165) is 62.6 Å². The van der Waals surface area contributed by atoms with Crippen molar-refractivity contribution in [2.24, 2.45) is 0 Å². The first kappa shape index (κ1) is 40.0. The summed E-state index contributed by atoms with van der Waals surface area (Å²) in [5, 5.41) is 5.79. The minimum Gasteiger partial charge on any atom is -0.356 e. The molecule has 0 spiro atoms. The molecule has 0 bridgehead atoms. The number of benzene rings is 5. The third-order valence-electron chi connectivity index (χ3n) is 11.7. The fourth-order valence-electron chi connectivity index (χ4n) is 8.56. The van der Waals surface area contributed by atoms with Gasteiger partial charge in [0.15, 0.2) is 12.7 Å². The van der Waals surface area contributed by atoms with Crippen LogP contribution >= 0.6 is 11.8 Å². The number of amides is 1. The van der Waals surface area contributed by atoms with Gasteiger partial charge in [-0.25, -0.2) is 0 Å². The number of quaternary nitrogens is 1. The van der Waals surface area contributed by atoms with Crippen LogP contribution in [0.15, 0.2) is 162 Å². The second kappa shape index (κ2) is 18.8. The molecular weight excluding hydrogens is 717 g/mol. The van der Waals surface area contributed by atoms with E-state index in [-0.39, 0.29) is 11.3 Å². The molecule has 2 heterocycles. The van der Waals surface area contributed by atoms with E-state index in [1.807, 2.05) is 11.8 Å². The number of aromatic nitrogens is 1. The number of thioether (sulfide) groups is 1. The van der Waals surface area contributed by atoms with Crippen molar-refractivity contribution in [3.05, 3.63) is 179 Å². The molecule has 0 unspecified atom stereocenters. The molecule has 5 nitrogen and oxygen atoms in total. The highest BCUT2D eigenvalue weighted by Gasteiger charge is 2.35. The van der Waals surface area contributed by atoms with Crippen LogP contribution in [0.4, 0.5) is 5.69 Å². The maximum absolute atomic E-state index is 13.0. The molecule has 1 aliphatic heterocycles. The van der Waals surface area contributed by atoms with Gasteiger partial charge in [-0.15, -0.1) is 0 Å². The van der Waals surface area contributed by atoms with E-state index in [1.165, 1.54) is 48.8 Å². The number of carbonyl (C=O) groups is 1. The molecule has 1 aromatic heterocycles. The molecule has 0 saturated heterocycles. The van der Waals surface area contributed by atoms with Gasteiger partial charge in [0.25, 0.3) is 0 Å². The van der Waals surface area contributed by atoms with Gasteiger partial charge >= 0.3 is 0 Å². The topological polar surface area (TPSA) is 36.2 Å². The number of anilines is 1. The number of hydrogen-bond acceptors (Lipinski definition) is 3. The van der Waals surface area contributed by atoms with Crippen LogP contribution in [0.25, 0.3) is 17.0 Å². The predicted molar refractivity (Wildman–Crippen MR) is 239 cm³/mol. The van der Waals surface area contributed by atoms with Gasteiger partial charge in [-0.1, -0.05) is 127 Å². The Bertz CT molecular complexity index is 2160. The first-order chi connectivity index (χ1) is 27.8. The Hall–Kier alpha value is -5.17. The van der Waals surface area contributed by atoms with E-state index in [1.54, 1.807) is 0 Å². The van der Waals surface area contributed by atoms with Crippen molar-refractivity contribution in [3.63, 3.8) is 0 Å².